The molecule has 1 atom stereocenters. The first-order chi connectivity index (χ1) is 5.20. The molecule has 0 saturated heterocycles. The van der Waals surface area contributed by atoms with Crippen molar-refractivity contribution < 1.29 is 27.1 Å². The van der Waals surface area contributed by atoms with Crippen LogP contribution in [0.4, 0.5) is 22.0 Å². The molecule has 0 aliphatic rings. The first kappa shape index (κ1) is 11.6. The van der Waals surface area contributed by atoms with Crippen LogP contribution in [-0.4, -0.2) is 29.9 Å². The summed E-state index contributed by atoms with van der Waals surface area (Å²) in [5, 5.41) is 8.45. The van der Waals surface area contributed by atoms with Gasteiger partial charge in [0.15, 0.2) is 0 Å². The maximum Gasteiger partial charge on any atom is 0.453 e. The smallest absolute Gasteiger partial charge is 0.392 e. The number of alkyl halides is 5. The lowest BCUT2D eigenvalue weighted by molar-refractivity contribution is -0.289. The van der Waals surface area contributed by atoms with E-state index < -0.39 is 31.2 Å². The van der Waals surface area contributed by atoms with Crippen molar-refractivity contribution in [1.29, 1.82) is 0 Å². The molecule has 2 nitrogen and oxygen atoms in total. The highest BCUT2D eigenvalue weighted by Crippen LogP contribution is 2.38. The Labute approximate surface area is 65.2 Å². The fourth-order valence-corrected chi connectivity index (χ4v) is 0.495. The molecule has 3 N–H and O–H groups in total. The van der Waals surface area contributed by atoms with Gasteiger partial charge in [-0.15, -0.1) is 0 Å². The second kappa shape index (κ2) is 3.53. The lowest BCUT2D eigenvalue weighted by atomic mass is 10.1. The van der Waals surface area contributed by atoms with Crippen LogP contribution in [0.25, 0.3) is 0 Å². The summed E-state index contributed by atoms with van der Waals surface area (Å²) in [5.41, 5.74) is 4.67. The Morgan fingerprint density at radius 2 is 1.58 bits per heavy atom. The molecule has 0 aromatic heterocycles. The highest BCUT2D eigenvalue weighted by atomic mass is 19.4. The van der Waals surface area contributed by atoms with Crippen LogP contribution >= 0.6 is 0 Å². The average Bonchev–Trinajstić information content (AvgIpc) is 1.84. The Morgan fingerprint density at radius 3 is 1.83 bits per heavy atom. The molecule has 0 aromatic rings. The van der Waals surface area contributed by atoms with Gasteiger partial charge in [-0.3, -0.25) is 0 Å². The number of aliphatic hydroxyl groups excluding tert-OH is 1. The van der Waals surface area contributed by atoms with Crippen LogP contribution in [0.15, 0.2) is 0 Å². The van der Waals surface area contributed by atoms with E-state index in [0.717, 1.165) is 0 Å². The second-order valence-corrected chi connectivity index (χ2v) is 2.30. The Morgan fingerprint density at radius 1 is 1.17 bits per heavy atom. The lowest BCUT2D eigenvalue weighted by Gasteiger charge is -2.21. The molecule has 0 aromatic carbocycles. The second-order valence-electron chi connectivity index (χ2n) is 2.30. The van der Waals surface area contributed by atoms with Crippen molar-refractivity contribution in [2.24, 2.45) is 5.73 Å². The summed E-state index contributed by atoms with van der Waals surface area (Å²) in [4.78, 5) is 0. The van der Waals surface area contributed by atoms with Crippen LogP contribution in [0.3, 0.4) is 0 Å². The van der Waals surface area contributed by atoms with E-state index in [1.54, 1.807) is 0 Å². The highest BCUT2D eigenvalue weighted by Gasteiger charge is 2.57. The third-order valence-electron chi connectivity index (χ3n) is 1.18. The molecule has 1 unspecified atom stereocenters. The maximum absolute atomic E-state index is 12.0. The molecule has 0 rings (SSSR count). The van der Waals surface area contributed by atoms with Crippen molar-refractivity contribution in [3.05, 3.63) is 0 Å². The van der Waals surface area contributed by atoms with Crippen molar-refractivity contribution in [3.63, 3.8) is 0 Å². The Kier molecular flexibility index (Phi) is 3.40. The number of aliphatic hydroxyl groups is 1. The minimum atomic E-state index is -5.62. The number of hydrogen-bond donors (Lipinski definition) is 2. The van der Waals surface area contributed by atoms with Crippen molar-refractivity contribution in [3.8, 4) is 0 Å². The van der Waals surface area contributed by atoms with Gasteiger partial charge in [0, 0.05) is 13.0 Å². The van der Waals surface area contributed by atoms with Crippen LogP contribution in [0.5, 0.6) is 0 Å². The van der Waals surface area contributed by atoms with E-state index in [1.807, 2.05) is 0 Å². The van der Waals surface area contributed by atoms with Gasteiger partial charge in [0.05, 0.1) is 6.10 Å². The third-order valence-corrected chi connectivity index (χ3v) is 1.18. The standard InChI is InChI=1S/C5H8F5NO/c6-4(7,5(8,9)10)1-3(12)2-11/h3,12H,1-2,11H2. The molecule has 0 heterocycles. The van der Waals surface area contributed by atoms with Crippen molar-refractivity contribution >= 4 is 0 Å². The van der Waals surface area contributed by atoms with Crippen LogP contribution in [0.2, 0.25) is 0 Å². The Bertz CT molecular complexity index is 145. The molecule has 12 heavy (non-hydrogen) atoms. The molecule has 0 bridgehead atoms. The fourth-order valence-electron chi connectivity index (χ4n) is 0.495. The van der Waals surface area contributed by atoms with E-state index in [0.29, 0.717) is 0 Å². The van der Waals surface area contributed by atoms with Gasteiger partial charge < -0.3 is 10.8 Å². The van der Waals surface area contributed by atoms with E-state index in [1.165, 1.54) is 0 Å². The third kappa shape index (κ3) is 2.90. The topological polar surface area (TPSA) is 46.2 Å². The van der Waals surface area contributed by atoms with E-state index in [2.05, 4.69) is 5.73 Å². The Balaban J connectivity index is 4.22. The first-order valence-electron chi connectivity index (χ1n) is 3.03. The zero-order chi connectivity index (χ0) is 9.99. The minimum Gasteiger partial charge on any atom is -0.392 e. The number of hydrogen-bond acceptors (Lipinski definition) is 2. The lowest BCUT2D eigenvalue weighted by Crippen LogP contribution is -2.41. The number of halogens is 5. The summed E-state index contributed by atoms with van der Waals surface area (Å²) in [6, 6.07) is 0. The summed E-state index contributed by atoms with van der Waals surface area (Å²) >= 11 is 0. The van der Waals surface area contributed by atoms with Gasteiger partial charge in [0.2, 0.25) is 0 Å². The Hall–Kier alpha value is -0.430. The normalized spacial score (nSPS) is 16.2. The van der Waals surface area contributed by atoms with Crippen LogP contribution in [0.1, 0.15) is 6.42 Å². The molecule has 0 spiro atoms. The summed E-state index contributed by atoms with van der Waals surface area (Å²) in [6.07, 6.45) is -9.14. The van der Waals surface area contributed by atoms with Gasteiger partial charge in [-0.2, -0.15) is 22.0 Å². The summed E-state index contributed by atoms with van der Waals surface area (Å²) in [5.74, 6) is -4.87. The average molecular weight is 193 g/mol. The molecular formula is C5H8F5NO. The predicted octanol–water partition coefficient (Wildman–Crippen LogP) is 0.894. The summed E-state index contributed by atoms with van der Waals surface area (Å²) in [7, 11) is 0. The molecule has 0 aliphatic carbocycles. The van der Waals surface area contributed by atoms with Gasteiger partial charge in [0.25, 0.3) is 0 Å². The highest BCUT2D eigenvalue weighted by molar-refractivity contribution is 4.79. The summed E-state index contributed by atoms with van der Waals surface area (Å²) in [6.45, 7) is -0.619. The van der Waals surface area contributed by atoms with Gasteiger partial charge >= 0.3 is 12.1 Å². The van der Waals surface area contributed by atoms with Crippen molar-refractivity contribution in [2.45, 2.75) is 24.6 Å². The van der Waals surface area contributed by atoms with E-state index in [4.69, 9.17) is 5.11 Å². The van der Waals surface area contributed by atoms with Gasteiger partial charge in [-0.05, 0) is 0 Å². The monoisotopic (exact) mass is 193 g/mol. The number of rotatable bonds is 3. The van der Waals surface area contributed by atoms with E-state index >= 15 is 0 Å². The summed E-state index contributed by atoms with van der Waals surface area (Å²) < 4.78 is 58.3. The zero-order valence-electron chi connectivity index (χ0n) is 5.91. The molecule has 0 radical (unpaired) electrons. The van der Waals surface area contributed by atoms with Crippen LogP contribution in [0, 0.1) is 0 Å². The molecule has 7 heteroatoms. The van der Waals surface area contributed by atoms with Crippen LogP contribution < -0.4 is 5.73 Å². The van der Waals surface area contributed by atoms with Gasteiger partial charge in [0.1, 0.15) is 0 Å². The van der Waals surface area contributed by atoms with Crippen molar-refractivity contribution in [1.82, 2.24) is 0 Å². The first-order valence-corrected chi connectivity index (χ1v) is 3.03. The fraction of sp³-hybridized carbons (Fsp3) is 1.00. The quantitative estimate of drug-likeness (QED) is 0.654. The van der Waals surface area contributed by atoms with Gasteiger partial charge in [-0.1, -0.05) is 0 Å². The molecule has 74 valence electrons. The van der Waals surface area contributed by atoms with E-state index in [-0.39, 0.29) is 0 Å². The molecule has 0 amide bonds. The largest absolute Gasteiger partial charge is 0.453 e. The maximum atomic E-state index is 12.0. The molecule has 0 fully saturated rings. The van der Waals surface area contributed by atoms with E-state index in [9.17, 15) is 22.0 Å². The zero-order valence-corrected chi connectivity index (χ0v) is 5.91. The SMILES string of the molecule is NCC(O)CC(F)(F)C(F)(F)F. The van der Waals surface area contributed by atoms with Gasteiger partial charge in [-0.25, -0.2) is 0 Å². The molecule has 0 aliphatic heterocycles. The molecule has 0 saturated carbocycles. The molecular weight excluding hydrogens is 185 g/mol. The van der Waals surface area contributed by atoms with Crippen LogP contribution in [-0.2, 0) is 0 Å². The van der Waals surface area contributed by atoms with Crippen molar-refractivity contribution in [2.75, 3.05) is 6.54 Å². The predicted molar refractivity (Wildman–Crippen MR) is 30.7 cm³/mol. The minimum absolute atomic E-state index is 0.619. The number of nitrogens with two attached hydrogens (primary N) is 1.